The SMILES string of the molecule is Cc1c(F)cccc1NC(=O)c1cc(Br)ccc1O. The van der Waals surface area contributed by atoms with Gasteiger partial charge in [0.15, 0.2) is 0 Å². The fourth-order valence-corrected chi connectivity index (χ4v) is 1.98. The summed E-state index contributed by atoms with van der Waals surface area (Å²) in [5.41, 5.74) is 0.854. The van der Waals surface area contributed by atoms with Gasteiger partial charge in [-0.2, -0.15) is 0 Å². The molecular formula is C14H11BrFNO2. The Hall–Kier alpha value is -1.88. The van der Waals surface area contributed by atoms with Crippen LogP contribution in [0.2, 0.25) is 0 Å². The van der Waals surface area contributed by atoms with Crippen LogP contribution < -0.4 is 5.32 Å². The van der Waals surface area contributed by atoms with Gasteiger partial charge in [-0.05, 0) is 37.3 Å². The predicted molar refractivity (Wildman–Crippen MR) is 74.9 cm³/mol. The molecule has 0 heterocycles. The Balaban J connectivity index is 2.31. The molecule has 0 aliphatic heterocycles. The topological polar surface area (TPSA) is 49.3 Å². The van der Waals surface area contributed by atoms with Crippen molar-refractivity contribution < 1.29 is 14.3 Å². The number of carbonyl (C=O) groups is 1. The molecule has 0 unspecified atom stereocenters. The molecule has 1 amide bonds. The fraction of sp³-hybridized carbons (Fsp3) is 0.0714. The summed E-state index contributed by atoms with van der Waals surface area (Å²) < 4.78 is 14.0. The first-order valence-corrected chi connectivity index (χ1v) is 6.33. The van der Waals surface area contributed by atoms with Gasteiger partial charge in [-0.3, -0.25) is 4.79 Å². The van der Waals surface area contributed by atoms with E-state index >= 15 is 0 Å². The number of benzene rings is 2. The van der Waals surface area contributed by atoms with Crippen molar-refractivity contribution in [3.63, 3.8) is 0 Å². The first-order valence-electron chi connectivity index (χ1n) is 5.54. The van der Waals surface area contributed by atoms with Crippen molar-refractivity contribution in [3.8, 4) is 5.75 Å². The molecule has 2 N–H and O–H groups in total. The molecule has 0 aromatic heterocycles. The van der Waals surface area contributed by atoms with Crippen molar-refractivity contribution in [2.75, 3.05) is 5.32 Å². The van der Waals surface area contributed by atoms with Gasteiger partial charge in [0.05, 0.1) is 5.56 Å². The highest BCUT2D eigenvalue weighted by atomic mass is 79.9. The van der Waals surface area contributed by atoms with Crippen LogP contribution in [0.1, 0.15) is 15.9 Å². The minimum Gasteiger partial charge on any atom is -0.507 e. The van der Waals surface area contributed by atoms with Crippen molar-refractivity contribution in [2.24, 2.45) is 0 Å². The van der Waals surface area contributed by atoms with E-state index in [1.165, 1.54) is 24.3 Å². The minimum absolute atomic E-state index is 0.123. The summed E-state index contributed by atoms with van der Waals surface area (Å²) in [5.74, 6) is -1.02. The average Bonchev–Trinajstić information content (AvgIpc) is 2.38. The van der Waals surface area contributed by atoms with Crippen molar-refractivity contribution in [3.05, 3.63) is 57.8 Å². The third-order valence-corrected chi connectivity index (χ3v) is 3.21. The van der Waals surface area contributed by atoms with Gasteiger partial charge in [0.25, 0.3) is 5.91 Å². The second-order valence-electron chi connectivity index (χ2n) is 4.03. The summed E-state index contributed by atoms with van der Waals surface area (Å²) in [5, 5.41) is 12.2. The molecule has 5 heteroatoms. The van der Waals surface area contributed by atoms with Crippen LogP contribution in [0.15, 0.2) is 40.9 Å². The summed E-state index contributed by atoms with van der Waals surface area (Å²) >= 11 is 3.23. The molecule has 19 heavy (non-hydrogen) atoms. The van der Waals surface area contributed by atoms with E-state index in [0.717, 1.165) is 0 Å². The Kier molecular flexibility index (Phi) is 3.85. The number of carbonyl (C=O) groups excluding carboxylic acids is 1. The number of phenolic OH excluding ortho intramolecular Hbond substituents is 1. The monoisotopic (exact) mass is 323 g/mol. The lowest BCUT2D eigenvalue weighted by Crippen LogP contribution is -2.13. The average molecular weight is 324 g/mol. The Morgan fingerprint density at radius 1 is 1.32 bits per heavy atom. The molecule has 2 rings (SSSR count). The number of nitrogens with one attached hydrogen (secondary N) is 1. The Labute approximate surface area is 118 Å². The zero-order valence-corrected chi connectivity index (χ0v) is 11.7. The van der Waals surface area contributed by atoms with E-state index in [-0.39, 0.29) is 11.3 Å². The van der Waals surface area contributed by atoms with Gasteiger partial charge in [-0.15, -0.1) is 0 Å². The van der Waals surface area contributed by atoms with Gasteiger partial charge in [-0.25, -0.2) is 4.39 Å². The maximum Gasteiger partial charge on any atom is 0.259 e. The standard InChI is InChI=1S/C14H11BrFNO2/c1-8-11(16)3-2-4-12(8)17-14(19)10-7-9(15)5-6-13(10)18/h2-7,18H,1H3,(H,17,19). The van der Waals surface area contributed by atoms with E-state index in [4.69, 9.17) is 0 Å². The smallest absolute Gasteiger partial charge is 0.259 e. The lowest BCUT2D eigenvalue weighted by atomic mass is 10.1. The number of hydrogen-bond donors (Lipinski definition) is 2. The summed E-state index contributed by atoms with van der Waals surface area (Å²) in [6.07, 6.45) is 0. The highest BCUT2D eigenvalue weighted by molar-refractivity contribution is 9.10. The van der Waals surface area contributed by atoms with Crippen LogP contribution >= 0.6 is 15.9 Å². The molecule has 0 saturated heterocycles. The van der Waals surface area contributed by atoms with Gasteiger partial charge in [0.1, 0.15) is 11.6 Å². The number of halogens is 2. The molecule has 0 atom stereocenters. The fourth-order valence-electron chi connectivity index (χ4n) is 1.62. The maximum absolute atomic E-state index is 13.4. The molecule has 0 bridgehead atoms. The Bertz CT molecular complexity index is 643. The van der Waals surface area contributed by atoms with E-state index in [0.29, 0.717) is 15.7 Å². The molecule has 0 aliphatic rings. The first kappa shape index (κ1) is 13.5. The van der Waals surface area contributed by atoms with Gasteiger partial charge in [0.2, 0.25) is 0 Å². The normalized spacial score (nSPS) is 10.3. The number of aromatic hydroxyl groups is 1. The zero-order chi connectivity index (χ0) is 14.0. The molecular weight excluding hydrogens is 313 g/mol. The van der Waals surface area contributed by atoms with E-state index in [1.54, 1.807) is 19.1 Å². The predicted octanol–water partition coefficient (Wildman–Crippen LogP) is 3.85. The molecule has 0 saturated carbocycles. The molecule has 0 fully saturated rings. The molecule has 3 nitrogen and oxygen atoms in total. The van der Waals surface area contributed by atoms with Gasteiger partial charge >= 0.3 is 0 Å². The lowest BCUT2D eigenvalue weighted by Gasteiger charge is -2.10. The van der Waals surface area contributed by atoms with E-state index in [2.05, 4.69) is 21.2 Å². The molecule has 0 radical (unpaired) electrons. The van der Waals surface area contributed by atoms with Gasteiger partial charge < -0.3 is 10.4 Å². The van der Waals surface area contributed by atoms with Crippen LogP contribution in [0.5, 0.6) is 5.75 Å². The third kappa shape index (κ3) is 2.93. The van der Waals surface area contributed by atoms with Crippen LogP contribution in [0.4, 0.5) is 10.1 Å². The van der Waals surface area contributed by atoms with Crippen LogP contribution in [0.3, 0.4) is 0 Å². The highest BCUT2D eigenvalue weighted by Gasteiger charge is 2.13. The second kappa shape index (κ2) is 5.40. The van der Waals surface area contributed by atoms with Crippen molar-refractivity contribution in [1.29, 1.82) is 0 Å². The summed E-state index contributed by atoms with van der Waals surface area (Å²) in [7, 11) is 0. The van der Waals surface area contributed by atoms with Gasteiger partial charge in [0, 0.05) is 15.7 Å². The quantitative estimate of drug-likeness (QED) is 0.881. The molecule has 2 aromatic carbocycles. The van der Waals surface area contributed by atoms with E-state index in [1.807, 2.05) is 0 Å². The lowest BCUT2D eigenvalue weighted by molar-refractivity contribution is 0.102. The number of phenols is 1. The van der Waals surface area contributed by atoms with Crippen LogP contribution in [-0.4, -0.2) is 11.0 Å². The van der Waals surface area contributed by atoms with Crippen molar-refractivity contribution >= 4 is 27.5 Å². The minimum atomic E-state index is -0.493. The zero-order valence-electron chi connectivity index (χ0n) is 10.1. The van der Waals surface area contributed by atoms with Gasteiger partial charge in [-0.1, -0.05) is 22.0 Å². The largest absolute Gasteiger partial charge is 0.507 e. The molecule has 2 aromatic rings. The van der Waals surface area contributed by atoms with E-state index < -0.39 is 11.7 Å². The summed E-state index contributed by atoms with van der Waals surface area (Å²) in [6.45, 7) is 1.58. The third-order valence-electron chi connectivity index (χ3n) is 2.72. The number of rotatable bonds is 2. The highest BCUT2D eigenvalue weighted by Crippen LogP contribution is 2.24. The molecule has 0 spiro atoms. The molecule has 0 aliphatic carbocycles. The Morgan fingerprint density at radius 2 is 2.05 bits per heavy atom. The number of anilines is 1. The summed E-state index contributed by atoms with van der Waals surface area (Å²) in [6, 6.07) is 8.97. The summed E-state index contributed by atoms with van der Waals surface area (Å²) in [4.78, 5) is 12.0. The number of hydrogen-bond acceptors (Lipinski definition) is 2. The Morgan fingerprint density at radius 3 is 2.79 bits per heavy atom. The van der Waals surface area contributed by atoms with Crippen LogP contribution in [0, 0.1) is 12.7 Å². The maximum atomic E-state index is 13.4. The van der Waals surface area contributed by atoms with Crippen molar-refractivity contribution in [2.45, 2.75) is 6.92 Å². The van der Waals surface area contributed by atoms with E-state index in [9.17, 15) is 14.3 Å². The van der Waals surface area contributed by atoms with Crippen molar-refractivity contribution in [1.82, 2.24) is 0 Å². The second-order valence-corrected chi connectivity index (χ2v) is 4.94. The first-order chi connectivity index (χ1) is 8.99. The van der Waals surface area contributed by atoms with Crippen LogP contribution in [0.25, 0.3) is 0 Å². The molecule has 98 valence electrons. The van der Waals surface area contributed by atoms with Crippen LogP contribution in [-0.2, 0) is 0 Å². The number of amides is 1.